The van der Waals surface area contributed by atoms with Gasteiger partial charge < -0.3 is 0 Å². The molecule has 0 N–H and O–H groups in total. The molecule has 3 saturated carbocycles. The third-order valence-corrected chi connectivity index (χ3v) is 8.57. The van der Waals surface area contributed by atoms with E-state index in [1.54, 1.807) is 12.8 Å². The minimum atomic E-state index is 0.888. The van der Waals surface area contributed by atoms with E-state index in [0.717, 1.165) is 47.3 Å². The molecule has 0 bridgehead atoms. The Morgan fingerprint density at radius 2 is 1.04 bits per heavy atom. The second-order valence-electron chi connectivity index (χ2n) is 9.84. The van der Waals surface area contributed by atoms with Gasteiger partial charge in [-0.15, -0.1) is 0 Å². The van der Waals surface area contributed by atoms with Crippen LogP contribution in [-0.4, -0.2) is 0 Å². The van der Waals surface area contributed by atoms with Crippen LogP contribution in [-0.2, 0) is 0 Å². The second-order valence-corrected chi connectivity index (χ2v) is 9.84. The molecular formula is C24H42. The smallest absolute Gasteiger partial charge is 0.0233 e. The first kappa shape index (κ1) is 18.5. The summed E-state index contributed by atoms with van der Waals surface area (Å²) >= 11 is 0. The van der Waals surface area contributed by atoms with Crippen LogP contribution < -0.4 is 0 Å². The van der Waals surface area contributed by atoms with Gasteiger partial charge in [0.15, 0.2) is 0 Å². The number of hydrogen-bond acceptors (Lipinski definition) is 0. The van der Waals surface area contributed by atoms with Crippen molar-refractivity contribution in [3.8, 4) is 0 Å². The molecule has 24 heavy (non-hydrogen) atoms. The first-order chi connectivity index (χ1) is 11.6. The summed E-state index contributed by atoms with van der Waals surface area (Å²) < 4.78 is 0. The van der Waals surface area contributed by atoms with Gasteiger partial charge in [-0.1, -0.05) is 45.8 Å². The molecule has 0 radical (unpaired) electrons. The Balaban J connectivity index is 1.54. The fourth-order valence-electron chi connectivity index (χ4n) is 6.77. The molecule has 0 aliphatic heterocycles. The number of allylic oxidation sites excluding steroid dienone is 2. The normalized spacial score (nSPS) is 47.8. The predicted octanol–water partition coefficient (Wildman–Crippen LogP) is 7.49. The van der Waals surface area contributed by atoms with E-state index < -0.39 is 0 Å². The minimum absolute atomic E-state index is 0.888. The van der Waals surface area contributed by atoms with Gasteiger partial charge >= 0.3 is 0 Å². The second kappa shape index (κ2) is 8.41. The largest absolute Gasteiger partial charge is 0.0914 e. The van der Waals surface area contributed by atoms with Crippen molar-refractivity contribution in [1.82, 2.24) is 0 Å². The maximum absolute atomic E-state index is 2.62. The summed E-state index contributed by atoms with van der Waals surface area (Å²) in [6.07, 6.45) is 19.8. The molecule has 0 heteroatoms. The summed E-state index contributed by atoms with van der Waals surface area (Å²) in [7, 11) is 0. The van der Waals surface area contributed by atoms with Crippen LogP contribution in [0.2, 0.25) is 0 Å². The zero-order valence-corrected chi connectivity index (χ0v) is 16.8. The van der Waals surface area contributed by atoms with Crippen LogP contribution in [0.4, 0.5) is 0 Å². The highest BCUT2D eigenvalue weighted by Crippen LogP contribution is 2.50. The van der Waals surface area contributed by atoms with E-state index in [1.807, 2.05) is 0 Å². The first-order valence-corrected chi connectivity index (χ1v) is 11.2. The van der Waals surface area contributed by atoms with Crippen LogP contribution in [0.3, 0.4) is 0 Å². The molecule has 138 valence electrons. The van der Waals surface area contributed by atoms with Crippen molar-refractivity contribution in [3.63, 3.8) is 0 Å². The lowest BCUT2D eigenvalue weighted by Crippen LogP contribution is -2.39. The molecule has 0 heterocycles. The van der Waals surface area contributed by atoms with Gasteiger partial charge in [0.25, 0.3) is 0 Å². The van der Waals surface area contributed by atoms with Crippen molar-refractivity contribution in [2.75, 3.05) is 0 Å². The Bertz CT molecular complexity index is 392. The Labute approximate surface area is 151 Å². The molecule has 0 aromatic rings. The van der Waals surface area contributed by atoms with Gasteiger partial charge in [0.2, 0.25) is 0 Å². The van der Waals surface area contributed by atoms with Crippen LogP contribution in [0.25, 0.3) is 0 Å². The molecule has 3 aliphatic carbocycles. The van der Waals surface area contributed by atoms with E-state index in [9.17, 15) is 0 Å². The van der Waals surface area contributed by atoms with Crippen LogP contribution >= 0.6 is 0 Å². The van der Waals surface area contributed by atoms with Crippen molar-refractivity contribution >= 4 is 0 Å². The molecule has 0 spiro atoms. The summed E-state index contributed by atoms with van der Waals surface area (Å²) in [4.78, 5) is 0. The average Bonchev–Trinajstić information content (AvgIpc) is 2.59. The Kier molecular flexibility index (Phi) is 6.50. The van der Waals surface area contributed by atoms with Crippen molar-refractivity contribution in [2.24, 2.45) is 47.3 Å². The lowest BCUT2D eigenvalue weighted by atomic mass is 9.57. The quantitative estimate of drug-likeness (QED) is 0.470. The maximum atomic E-state index is 2.62. The third-order valence-electron chi connectivity index (χ3n) is 8.57. The molecule has 4 atom stereocenters. The summed E-state index contributed by atoms with van der Waals surface area (Å²) in [5.74, 6) is 7.99. The molecule has 3 rings (SSSR count). The molecule has 0 saturated heterocycles. The van der Waals surface area contributed by atoms with E-state index in [-0.39, 0.29) is 0 Å². The summed E-state index contributed by atoms with van der Waals surface area (Å²) in [6, 6.07) is 0. The number of rotatable bonds is 3. The summed E-state index contributed by atoms with van der Waals surface area (Å²) in [5, 5.41) is 0. The van der Waals surface area contributed by atoms with Gasteiger partial charge in [-0.3, -0.25) is 0 Å². The minimum Gasteiger partial charge on any atom is -0.0914 e. The molecule has 0 aromatic carbocycles. The van der Waals surface area contributed by atoms with E-state index in [4.69, 9.17) is 0 Å². The van der Waals surface area contributed by atoms with Crippen LogP contribution in [0.15, 0.2) is 12.2 Å². The SMILES string of the molecule is C/C=C/C1CCC(C2CCC(C3CCC(C)CC3)C(C)C2C)CC1. The number of hydrogen-bond donors (Lipinski definition) is 0. The topological polar surface area (TPSA) is 0 Å². The third kappa shape index (κ3) is 4.10. The zero-order chi connectivity index (χ0) is 17.1. The Morgan fingerprint density at radius 1 is 0.583 bits per heavy atom. The first-order valence-electron chi connectivity index (χ1n) is 11.2. The maximum Gasteiger partial charge on any atom is -0.0233 e. The Hall–Kier alpha value is -0.260. The fraction of sp³-hybridized carbons (Fsp3) is 0.917. The highest BCUT2D eigenvalue weighted by Gasteiger charge is 2.41. The van der Waals surface area contributed by atoms with E-state index in [2.05, 4.69) is 39.8 Å². The predicted molar refractivity (Wildman–Crippen MR) is 106 cm³/mol. The van der Waals surface area contributed by atoms with Crippen molar-refractivity contribution < 1.29 is 0 Å². The average molecular weight is 331 g/mol. The van der Waals surface area contributed by atoms with Crippen LogP contribution in [0.5, 0.6) is 0 Å². The molecule has 3 aliphatic rings. The van der Waals surface area contributed by atoms with Gasteiger partial charge in [0.1, 0.15) is 0 Å². The van der Waals surface area contributed by atoms with E-state index >= 15 is 0 Å². The summed E-state index contributed by atoms with van der Waals surface area (Å²) in [5.41, 5.74) is 0. The van der Waals surface area contributed by atoms with E-state index in [0.29, 0.717) is 0 Å². The zero-order valence-electron chi connectivity index (χ0n) is 16.8. The molecule has 0 amide bonds. The van der Waals surface area contributed by atoms with E-state index in [1.165, 1.54) is 51.4 Å². The standard InChI is InChI=1S/C24H42/c1-5-6-20-9-13-22(14-10-20)24-16-15-23(18(3)19(24)4)21-11-7-17(2)8-12-21/h5-6,17-24H,7-16H2,1-4H3/b6-5+. The molecular weight excluding hydrogens is 288 g/mol. The van der Waals surface area contributed by atoms with Gasteiger partial charge in [0.05, 0.1) is 0 Å². The van der Waals surface area contributed by atoms with Crippen LogP contribution in [0, 0.1) is 47.3 Å². The Morgan fingerprint density at radius 3 is 1.50 bits per heavy atom. The van der Waals surface area contributed by atoms with Gasteiger partial charge in [-0.2, -0.15) is 0 Å². The highest BCUT2D eigenvalue weighted by molar-refractivity contribution is 4.94. The lowest BCUT2D eigenvalue weighted by Gasteiger charge is -2.48. The lowest BCUT2D eigenvalue weighted by molar-refractivity contribution is 0.0183. The highest BCUT2D eigenvalue weighted by atomic mass is 14.5. The summed E-state index contributed by atoms with van der Waals surface area (Å²) in [6.45, 7) is 9.88. The molecule has 3 fully saturated rings. The van der Waals surface area contributed by atoms with Crippen molar-refractivity contribution in [1.29, 1.82) is 0 Å². The van der Waals surface area contributed by atoms with Gasteiger partial charge in [-0.05, 0) is 106 Å². The van der Waals surface area contributed by atoms with Crippen molar-refractivity contribution in [2.45, 2.75) is 91.9 Å². The van der Waals surface area contributed by atoms with Gasteiger partial charge in [0, 0.05) is 0 Å². The van der Waals surface area contributed by atoms with Crippen molar-refractivity contribution in [3.05, 3.63) is 12.2 Å². The van der Waals surface area contributed by atoms with Crippen LogP contribution in [0.1, 0.15) is 91.9 Å². The molecule has 4 unspecified atom stereocenters. The van der Waals surface area contributed by atoms with Gasteiger partial charge in [-0.25, -0.2) is 0 Å². The molecule has 0 nitrogen and oxygen atoms in total. The fourth-order valence-corrected chi connectivity index (χ4v) is 6.77. The monoisotopic (exact) mass is 330 g/mol. The molecule has 0 aromatic heterocycles.